The number of carbonyl (C=O) groups excluding carboxylic acids is 1. The average Bonchev–Trinajstić information content (AvgIpc) is 2.84. The van der Waals surface area contributed by atoms with E-state index in [9.17, 15) is 9.18 Å². The molecule has 1 N–H and O–H groups in total. The Morgan fingerprint density at radius 3 is 2.86 bits per heavy atom. The number of halogens is 2. The maximum Gasteiger partial charge on any atom is 0.320 e. The van der Waals surface area contributed by atoms with E-state index in [0.717, 1.165) is 0 Å². The van der Waals surface area contributed by atoms with Gasteiger partial charge in [-0.2, -0.15) is 0 Å². The maximum absolute atomic E-state index is 13.5. The number of nitrogens with zero attached hydrogens (tertiary/aromatic N) is 3. The number of anilines is 2. The summed E-state index contributed by atoms with van der Waals surface area (Å²) in [6.07, 6.45) is 1.88. The van der Waals surface area contributed by atoms with Gasteiger partial charge in [-0.1, -0.05) is 11.6 Å². The summed E-state index contributed by atoms with van der Waals surface area (Å²) in [6, 6.07) is 7.91. The van der Waals surface area contributed by atoms with E-state index in [4.69, 9.17) is 30.5 Å². The summed E-state index contributed by atoms with van der Waals surface area (Å²) < 4.78 is 35.4. The van der Waals surface area contributed by atoms with Crippen molar-refractivity contribution in [3.8, 4) is 11.5 Å². The van der Waals surface area contributed by atoms with Crippen molar-refractivity contribution in [2.45, 2.75) is 12.5 Å². The van der Waals surface area contributed by atoms with E-state index in [1.807, 2.05) is 4.90 Å². The van der Waals surface area contributed by atoms with Gasteiger partial charge in [0.05, 0.1) is 37.4 Å². The van der Waals surface area contributed by atoms with E-state index in [1.54, 1.807) is 32.4 Å². The lowest BCUT2D eigenvalue weighted by molar-refractivity contribution is -0.162. The fourth-order valence-electron chi connectivity index (χ4n) is 3.86. The number of aromatic nitrogens is 2. The molecule has 1 saturated heterocycles. The lowest BCUT2D eigenvalue weighted by Crippen LogP contribution is -2.47. The smallest absolute Gasteiger partial charge is 0.320 e. The summed E-state index contributed by atoms with van der Waals surface area (Å²) in [4.78, 5) is 22.5. The van der Waals surface area contributed by atoms with Crippen LogP contribution >= 0.6 is 11.6 Å². The molecule has 0 aliphatic carbocycles. The second-order valence-electron chi connectivity index (χ2n) is 8.00. The van der Waals surface area contributed by atoms with Crippen molar-refractivity contribution >= 4 is 40.0 Å². The van der Waals surface area contributed by atoms with Gasteiger partial charge in [0.2, 0.25) is 0 Å². The van der Waals surface area contributed by atoms with Crippen LogP contribution in [0.3, 0.4) is 0 Å². The molecule has 2 aromatic carbocycles. The van der Waals surface area contributed by atoms with Crippen LogP contribution in [-0.4, -0.2) is 74.0 Å². The zero-order chi connectivity index (χ0) is 24.8. The van der Waals surface area contributed by atoms with Gasteiger partial charge in [-0.25, -0.2) is 14.4 Å². The molecule has 0 radical (unpaired) electrons. The molecule has 11 heteroatoms. The van der Waals surface area contributed by atoms with Crippen molar-refractivity contribution < 1.29 is 28.1 Å². The van der Waals surface area contributed by atoms with Gasteiger partial charge in [-0.05, 0) is 30.7 Å². The standard InChI is InChI=1S/C24H26ClFN4O5/c1-32-13-16-11-30(12-23(31)35-16)6-3-7-34-22-10-20-17(9-21(22)33-2)24(28-14-27-20)29-15-4-5-19(26)18(25)8-15/h4-5,8-10,14,16H,3,6-7,11-13H2,1-2H3,(H,27,28,29). The van der Waals surface area contributed by atoms with E-state index in [0.29, 0.717) is 66.6 Å². The van der Waals surface area contributed by atoms with E-state index < -0.39 is 5.82 Å². The summed E-state index contributed by atoms with van der Waals surface area (Å²) in [5.74, 6) is 0.842. The summed E-state index contributed by atoms with van der Waals surface area (Å²) in [6.45, 7) is 2.37. The van der Waals surface area contributed by atoms with E-state index in [1.165, 1.54) is 18.5 Å². The Balaban J connectivity index is 1.42. The Kier molecular flexibility index (Phi) is 8.17. The van der Waals surface area contributed by atoms with Crippen LogP contribution in [0.15, 0.2) is 36.7 Å². The first-order valence-electron chi connectivity index (χ1n) is 11.0. The Bertz CT molecular complexity index is 1200. The molecule has 1 aliphatic rings. The lowest BCUT2D eigenvalue weighted by Gasteiger charge is -2.31. The summed E-state index contributed by atoms with van der Waals surface area (Å²) in [5, 5.41) is 3.85. The molecule has 3 aromatic rings. The normalized spacial score (nSPS) is 16.2. The fourth-order valence-corrected chi connectivity index (χ4v) is 4.04. The number of morpholine rings is 1. The van der Waals surface area contributed by atoms with Gasteiger partial charge in [-0.3, -0.25) is 9.69 Å². The van der Waals surface area contributed by atoms with Gasteiger partial charge in [-0.15, -0.1) is 0 Å². The molecule has 0 bridgehead atoms. The van der Waals surface area contributed by atoms with Crippen molar-refractivity contribution in [3.63, 3.8) is 0 Å². The first-order chi connectivity index (χ1) is 17.0. The molecule has 1 fully saturated rings. The number of hydrogen-bond acceptors (Lipinski definition) is 9. The number of cyclic esters (lactones) is 1. The van der Waals surface area contributed by atoms with Crippen LogP contribution in [0.1, 0.15) is 6.42 Å². The van der Waals surface area contributed by atoms with Gasteiger partial charge in [0.1, 0.15) is 24.1 Å². The Hall–Kier alpha value is -3.21. The van der Waals surface area contributed by atoms with Crippen molar-refractivity contribution in [1.82, 2.24) is 14.9 Å². The predicted molar refractivity (Wildman–Crippen MR) is 129 cm³/mol. The Labute approximate surface area is 207 Å². The van der Waals surface area contributed by atoms with Crippen LogP contribution in [0.5, 0.6) is 11.5 Å². The van der Waals surface area contributed by atoms with Crippen LogP contribution in [0.4, 0.5) is 15.9 Å². The first-order valence-corrected chi connectivity index (χ1v) is 11.4. The van der Waals surface area contributed by atoms with Gasteiger partial charge >= 0.3 is 5.97 Å². The van der Waals surface area contributed by atoms with Crippen molar-refractivity contribution in [3.05, 3.63) is 47.5 Å². The molecule has 0 spiro atoms. The van der Waals surface area contributed by atoms with Gasteiger partial charge in [0.25, 0.3) is 0 Å². The fraction of sp³-hybridized carbons (Fsp3) is 0.375. The van der Waals surface area contributed by atoms with E-state index in [2.05, 4.69) is 15.3 Å². The highest BCUT2D eigenvalue weighted by molar-refractivity contribution is 6.31. The summed E-state index contributed by atoms with van der Waals surface area (Å²) in [7, 11) is 3.14. The van der Waals surface area contributed by atoms with Crippen LogP contribution in [0.2, 0.25) is 5.02 Å². The largest absolute Gasteiger partial charge is 0.493 e. The third-order valence-electron chi connectivity index (χ3n) is 5.44. The number of carbonyl (C=O) groups is 1. The Morgan fingerprint density at radius 1 is 1.23 bits per heavy atom. The minimum atomic E-state index is -0.497. The van der Waals surface area contributed by atoms with Crippen molar-refractivity contribution in [2.75, 3.05) is 52.4 Å². The van der Waals surface area contributed by atoms with Crippen molar-refractivity contribution in [2.24, 2.45) is 0 Å². The van der Waals surface area contributed by atoms with E-state index >= 15 is 0 Å². The van der Waals surface area contributed by atoms with Gasteiger partial charge in [0, 0.05) is 37.3 Å². The highest BCUT2D eigenvalue weighted by Crippen LogP contribution is 2.35. The van der Waals surface area contributed by atoms with Crippen LogP contribution in [0.25, 0.3) is 10.9 Å². The molecule has 35 heavy (non-hydrogen) atoms. The number of ether oxygens (including phenoxy) is 4. The number of nitrogens with one attached hydrogen (secondary N) is 1. The van der Waals surface area contributed by atoms with Crippen LogP contribution in [-0.2, 0) is 14.3 Å². The van der Waals surface area contributed by atoms with E-state index in [-0.39, 0.29) is 23.6 Å². The second kappa shape index (κ2) is 11.5. The molecular weight excluding hydrogens is 479 g/mol. The minimum Gasteiger partial charge on any atom is -0.493 e. The summed E-state index contributed by atoms with van der Waals surface area (Å²) in [5.41, 5.74) is 1.23. The number of fused-ring (bicyclic) bond motifs is 1. The lowest BCUT2D eigenvalue weighted by atomic mass is 10.2. The van der Waals surface area contributed by atoms with Crippen molar-refractivity contribution in [1.29, 1.82) is 0 Å². The molecule has 0 saturated carbocycles. The predicted octanol–water partition coefficient (Wildman–Crippen LogP) is 3.82. The van der Waals surface area contributed by atoms with Gasteiger partial charge < -0.3 is 24.3 Å². The molecule has 4 rings (SSSR count). The first kappa shape index (κ1) is 24.9. The molecule has 1 unspecified atom stereocenters. The molecule has 1 atom stereocenters. The number of benzene rings is 2. The molecule has 0 amide bonds. The number of rotatable bonds is 10. The molecule has 9 nitrogen and oxygen atoms in total. The second-order valence-corrected chi connectivity index (χ2v) is 8.41. The monoisotopic (exact) mass is 504 g/mol. The highest BCUT2D eigenvalue weighted by Gasteiger charge is 2.26. The minimum absolute atomic E-state index is 0.0114. The van der Waals surface area contributed by atoms with Crippen LogP contribution in [0, 0.1) is 5.82 Å². The SMILES string of the molecule is COCC1CN(CCCOc2cc3ncnc(Nc4ccc(F)c(Cl)c4)c3cc2OC)CC(=O)O1. The third-order valence-corrected chi connectivity index (χ3v) is 5.73. The molecule has 1 aromatic heterocycles. The molecular formula is C24H26ClFN4O5. The topological polar surface area (TPSA) is 95.0 Å². The number of hydrogen-bond donors (Lipinski definition) is 1. The maximum atomic E-state index is 13.5. The zero-order valence-corrected chi connectivity index (χ0v) is 20.2. The Morgan fingerprint density at radius 2 is 2.09 bits per heavy atom. The quantitative estimate of drug-likeness (QED) is 0.326. The summed E-state index contributed by atoms with van der Waals surface area (Å²) >= 11 is 5.89. The molecule has 186 valence electrons. The number of methoxy groups -OCH3 is 2. The molecule has 1 aliphatic heterocycles. The van der Waals surface area contributed by atoms with Crippen LogP contribution < -0.4 is 14.8 Å². The highest BCUT2D eigenvalue weighted by atomic mass is 35.5. The van der Waals surface area contributed by atoms with Gasteiger partial charge in [0.15, 0.2) is 11.5 Å². The molecule has 2 heterocycles. The average molecular weight is 505 g/mol. The number of esters is 1. The third kappa shape index (κ3) is 6.27. The zero-order valence-electron chi connectivity index (χ0n) is 19.4.